The number of aromatic nitrogens is 1. The molecule has 0 saturated carbocycles. The molecule has 3 heterocycles. The molecule has 4 rings (SSSR count). The molecule has 1 aliphatic rings. The minimum atomic E-state index is -0.0490. The van der Waals surface area contributed by atoms with Crippen LogP contribution in [0.4, 0.5) is 0 Å². The first kappa shape index (κ1) is 17.9. The molecule has 0 radical (unpaired) electrons. The molecule has 1 amide bonds. The number of nitrogens with zero attached hydrogens (tertiary/aromatic N) is 1. The summed E-state index contributed by atoms with van der Waals surface area (Å²) in [6.45, 7) is 1.49. The van der Waals surface area contributed by atoms with Crippen molar-refractivity contribution in [3.05, 3.63) is 77.4 Å². The van der Waals surface area contributed by atoms with Gasteiger partial charge in [0.15, 0.2) is 0 Å². The van der Waals surface area contributed by atoms with Crippen molar-refractivity contribution in [1.29, 1.82) is 0 Å². The van der Waals surface area contributed by atoms with E-state index in [9.17, 15) is 4.79 Å². The molecule has 5 heteroatoms. The van der Waals surface area contributed by atoms with Gasteiger partial charge in [0, 0.05) is 36.0 Å². The van der Waals surface area contributed by atoms with E-state index in [1.165, 1.54) is 4.88 Å². The topological polar surface area (TPSA) is 51.2 Å². The lowest BCUT2D eigenvalue weighted by Crippen LogP contribution is -2.36. The van der Waals surface area contributed by atoms with Gasteiger partial charge in [-0.15, -0.1) is 11.3 Å². The molecule has 0 bridgehead atoms. The Morgan fingerprint density at radius 1 is 1.11 bits per heavy atom. The number of hydrogen-bond acceptors (Lipinski definition) is 4. The number of nitrogens with one attached hydrogen (secondary N) is 1. The zero-order valence-corrected chi connectivity index (χ0v) is 15.8. The first-order valence-corrected chi connectivity index (χ1v) is 10.1. The van der Waals surface area contributed by atoms with E-state index in [1.807, 2.05) is 48.7 Å². The summed E-state index contributed by atoms with van der Waals surface area (Å²) in [6, 6.07) is 15.8. The number of rotatable bonds is 5. The fourth-order valence-corrected chi connectivity index (χ4v) is 4.27. The molecular weight excluding hydrogens is 356 g/mol. The third-order valence-corrected chi connectivity index (χ3v) is 5.94. The first-order chi connectivity index (χ1) is 13.3. The van der Waals surface area contributed by atoms with Crippen molar-refractivity contribution >= 4 is 17.2 Å². The van der Waals surface area contributed by atoms with Crippen LogP contribution in [0.15, 0.2) is 66.3 Å². The smallest absolute Gasteiger partial charge is 0.251 e. The molecule has 1 atom stereocenters. The summed E-state index contributed by atoms with van der Waals surface area (Å²) >= 11 is 1.70. The van der Waals surface area contributed by atoms with E-state index in [0.29, 0.717) is 11.5 Å². The molecule has 0 unspecified atom stereocenters. The van der Waals surface area contributed by atoms with Crippen molar-refractivity contribution < 1.29 is 9.53 Å². The normalized spacial score (nSPS) is 16.0. The van der Waals surface area contributed by atoms with Crippen LogP contribution in [0.25, 0.3) is 10.4 Å². The second-order valence-corrected chi connectivity index (χ2v) is 7.69. The molecule has 0 aliphatic carbocycles. The molecule has 1 aliphatic heterocycles. The van der Waals surface area contributed by atoms with Crippen LogP contribution in [-0.4, -0.2) is 24.1 Å². The fourth-order valence-electron chi connectivity index (χ4n) is 3.54. The van der Waals surface area contributed by atoms with E-state index >= 15 is 0 Å². The van der Waals surface area contributed by atoms with Crippen LogP contribution < -0.4 is 5.32 Å². The molecule has 1 aromatic carbocycles. The minimum Gasteiger partial charge on any atom is -0.381 e. The standard InChI is InChI=1S/C22H22N2O2S/c25-22(18-7-5-16(6-8-18)20-4-2-14-27-20)24-21(17-9-12-26-13-10-17)19-3-1-11-23-15-19/h1-8,11,14-15,17,21H,9-10,12-13H2,(H,24,25)/t21-/m0/s1. The Labute approximate surface area is 163 Å². The number of thiophene rings is 1. The summed E-state index contributed by atoms with van der Waals surface area (Å²) in [6.07, 6.45) is 5.49. The monoisotopic (exact) mass is 378 g/mol. The number of amides is 1. The Balaban J connectivity index is 1.52. The molecule has 3 aromatic rings. The van der Waals surface area contributed by atoms with E-state index in [2.05, 4.69) is 21.7 Å². The van der Waals surface area contributed by atoms with Crippen molar-refractivity contribution in [3.63, 3.8) is 0 Å². The Bertz CT molecular complexity index is 857. The number of ether oxygens (including phenoxy) is 1. The van der Waals surface area contributed by atoms with Gasteiger partial charge in [-0.25, -0.2) is 0 Å². The summed E-state index contributed by atoms with van der Waals surface area (Å²) in [5.74, 6) is 0.311. The third-order valence-electron chi connectivity index (χ3n) is 5.02. The average molecular weight is 378 g/mol. The predicted molar refractivity (Wildman–Crippen MR) is 108 cm³/mol. The van der Waals surface area contributed by atoms with Crippen LogP contribution >= 0.6 is 11.3 Å². The maximum Gasteiger partial charge on any atom is 0.251 e. The molecule has 27 heavy (non-hydrogen) atoms. The Kier molecular flexibility index (Phi) is 5.61. The van der Waals surface area contributed by atoms with Gasteiger partial charge in [0.1, 0.15) is 0 Å². The molecule has 0 spiro atoms. The summed E-state index contributed by atoms with van der Waals surface area (Å²) in [5.41, 5.74) is 2.86. The highest BCUT2D eigenvalue weighted by molar-refractivity contribution is 7.13. The highest BCUT2D eigenvalue weighted by Crippen LogP contribution is 2.30. The van der Waals surface area contributed by atoms with Gasteiger partial charge >= 0.3 is 0 Å². The van der Waals surface area contributed by atoms with Crippen LogP contribution in [0.1, 0.15) is 34.8 Å². The Hall–Kier alpha value is -2.50. The predicted octanol–water partition coefficient (Wildman–Crippen LogP) is 4.71. The molecular formula is C22H22N2O2S. The zero-order valence-electron chi connectivity index (χ0n) is 15.0. The number of carbonyl (C=O) groups is 1. The number of hydrogen-bond donors (Lipinski definition) is 1. The Morgan fingerprint density at radius 2 is 1.93 bits per heavy atom. The minimum absolute atomic E-state index is 0.0481. The molecule has 138 valence electrons. The largest absolute Gasteiger partial charge is 0.381 e. The van der Waals surface area contributed by atoms with Gasteiger partial charge in [-0.05, 0) is 59.5 Å². The lowest BCUT2D eigenvalue weighted by Gasteiger charge is -2.31. The molecule has 1 saturated heterocycles. The average Bonchev–Trinajstić information content (AvgIpc) is 3.28. The second-order valence-electron chi connectivity index (χ2n) is 6.74. The van der Waals surface area contributed by atoms with Gasteiger partial charge in [-0.2, -0.15) is 0 Å². The van der Waals surface area contributed by atoms with Gasteiger partial charge in [0.2, 0.25) is 0 Å². The molecule has 4 nitrogen and oxygen atoms in total. The van der Waals surface area contributed by atoms with Crippen molar-refractivity contribution in [2.45, 2.75) is 18.9 Å². The maximum absolute atomic E-state index is 12.9. The van der Waals surface area contributed by atoms with E-state index in [1.54, 1.807) is 17.5 Å². The number of pyridine rings is 1. The molecule has 2 aromatic heterocycles. The lowest BCUT2D eigenvalue weighted by atomic mass is 9.87. The summed E-state index contributed by atoms with van der Waals surface area (Å²) in [4.78, 5) is 18.4. The van der Waals surface area contributed by atoms with Crippen LogP contribution in [0.3, 0.4) is 0 Å². The molecule has 1 fully saturated rings. The van der Waals surface area contributed by atoms with Crippen LogP contribution in [0.2, 0.25) is 0 Å². The summed E-state index contributed by atoms with van der Waals surface area (Å²) in [7, 11) is 0. The Morgan fingerprint density at radius 3 is 2.59 bits per heavy atom. The quantitative estimate of drug-likeness (QED) is 0.700. The summed E-state index contributed by atoms with van der Waals surface area (Å²) < 4.78 is 5.50. The van der Waals surface area contributed by atoms with Crippen LogP contribution in [0.5, 0.6) is 0 Å². The van der Waals surface area contributed by atoms with E-state index in [4.69, 9.17) is 4.74 Å². The number of benzene rings is 1. The van der Waals surface area contributed by atoms with E-state index < -0.39 is 0 Å². The van der Waals surface area contributed by atoms with Gasteiger partial charge in [-0.3, -0.25) is 9.78 Å². The van der Waals surface area contributed by atoms with Crippen molar-refractivity contribution in [1.82, 2.24) is 10.3 Å². The zero-order chi connectivity index (χ0) is 18.5. The molecule has 1 N–H and O–H groups in total. The van der Waals surface area contributed by atoms with E-state index in [-0.39, 0.29) is 11.9 Å². The number of carbonyl (C=O) groups excluding carboxylic acids is 1. The van der Waals surface area contributed by atoms with E-state index in [0.717, 1.165) is 37.2 Å². The second kappa shape index (κ2) is 8.46. The maximum atomic E-state index is 12.9. The highest BCUT2D eigenvalue weighted by Gasteiger charge is 2.27. The third kappa shape index (κ3) is 4.26. The van der Waals surface area contributed by atoms with Crippen molar-refractivity contribution in [2.75, 3.05) is 13.2 Å². The summed E-state index contributed by atoms with van der Waals surface area (Å²) in [5, 5.41) is 5.30. The lowest BCUT2D eigenvalue weighted by molar-refractivity contribution is 0.0513. The van der Waals surface area contributed by atoms with Gasteiger partial charge in [0.05, 0.1) is 6.04 Å². The van der Waals surface area contributed by atoms with Crippen molar-refractivity contribution in [3.8, 4) is 10.4 Å². The van der Waals surface area contributed by atoms with Crippen LogP contribution in [-0.2, 0) is 4.74 Å². The van der Waals surface area contributed by atoms with Crippen molar-refractivity contribution in [2.24, 2.45) is 5.92 Å². The van der Waals surface area contributed by atoms with Gasteiger partial charge < -0.3 is 10.1 Å². The highest BCUT2D eigenvalue weighted by atomic mass is 32.1. The van der Waals surface area contributed by atoms with Gasteiger partial charge in [0.25, 0.3) is 5.91 Å². The first-order valence-electron chi connectivity index (χ1n) is 9.24. The SMILES string of the molecule is O=C(N[C@H](c1cccnc1)C1CCOCC1)c1ccc(-c2cccs2)cc1. The fraction of sp³-hybridized carbons (Fsp3) is 0.273. The van der Waals surface area contributed by atoms with Gasteiger partial charge in [-0.1, -0.05) is 24.3 Å². The van der Waals surface area contributed by atoms with Crippen LogP contribution in [0, 0.1) is 5.92 Å².